The summed E-state index contributed by atoms with van der Waals surface area (Å²) >= 11 is 5.76. The van der Waals surface area contributed by atoms with Gasteiger partial charge in [-0.05, 0) is 18.1 Å². The van der Waals surface area contributed by atoms with Crippen molar-refractivity contribution < 1.29 is 17.9 Å². The van der Waals surface area contributed by atoms with Gasteiger partial charge in [-0.15, -0.1) is 0 Å². The van der Waals surface area contributed by atoms with E-state index in [0.717, 1.165) is 10.4 Å². The predicted octanol–water partition coefficient (Wildman–Crippen LogP) is 2.25. The van der Waals surface area contributed by atoms with Gasteiger partial charge in [0.05, 0.1) is 6.61 Å². The van der Waals surface area contributed by atoms with Gasteiger partial charge in [0.15, 0.2) is 0 Å². The molecule has 0 unspecified atom stereocenters. The highest BCUT2D eigenvalue weighted by Crippen LogP contribution is 2.26. The summed E-state index contributed by atoms with van der Waals surface area (Å²) in [6.45, 7) is 3.38. The van der Waals surface area contributed by atoms with E-state index in [2.05, 4.69) is 0 Å². The summed E-state index contributed by atoms with van der Waals surface area (Å²) < 4.78 is 39.6. The molecule has 0 spiro atoms. The van der Waals surface area contributed by atoms with Gasteiger partial charge in [-0.25, -0.2) is 17.1 Å². The van der Waals surface area contributed by atoms with Crippen molar-refractivity contribution in [1.82, 2.24) is 4.31 Å². The van der Waals surface area contributed by atoms with Crippen LogP contribution in [0.5, 0.6) is 0 Å². The van der Waals surface area contributed by atoms with Crippen molar-refractivity contribution in [3.8, 4) is 0 Å². The van der Waals surface area contributed by atoms with Crippen LogP contribution in [0.15, 0.2) is 17.0 Å². The fourth-order valence-corrected chi connectivity index (χ4v) is 3.47. The molecule has 1 aromatic rings. The Morgan fingerprint density at radius 2 is 2.00 bits per heavy atom. The zero-order chi connectivity index (χ0) is 14.8. The van der Waals surface area contributed by atoms with Gasteiger partial charge < -0.3 is 5.11 Å². The van der Waals surface area contributed by atoms with Crippen LogP contribution in [-0.4, -0.2) is 31.4 Å². The van der Waals surface area contributed by atoms with Gasteiger partial charge in [-0.2, -0.15) is 0 Å². The zero-order valence-electron chi connectivity index (χ0n) is 11.0. The molecule has 0 saturated carbocycles. The highest BCUT2D eigenvalue weighted by molar-refractivity contribution is 7.89. The highest BCUT2D eigenvalue weighted by atomic mass is 35.5. The minimum Gasteiger partial charge on any atom is -0.392 e. The van der Waals surface area contributed by atoms with Crippen LogP contribution < -0.4 is 0 Å². The van der Waals surface area contributed by atoms with Crippen LogP contribution in [0.4, 0.5) is 4.39 Å². The Kier molecular flexibility index (Phi) is 5.32. The molecule has 0 bridgehead atoms. The van der Waals surface area contributed by atoms with Crippen molar-refractivity contribution >= 4 is 21.6 Å². The zero-order valence-corrected chi connectivity index (χ0v) is 12.6. The van der Waals surface area contributed by atoms with Gasteiger partial charge in [0.2, 0.25) is 10.0 Å². The number of nitrogens with zero attached hydrogens (tertiary/aromatic N) is 1. The quantitative estimate of drug-likeness (QED) is 0.907. The maximum absolute atomic E-state index is 14.0. The molecular weight excluding hydrogens is 293 g/mol. The Balaban J connectivity index is 3.32. The first kappa shape index (κ1) is 16.4. The molecule has 1 aromatic carbocycles. The largest absolute Gasteiger partial charge is 0.392 e. The lowest BCUT2D eigenvalue weighted by Gasteiger charge is -2.20. The lowest BCUT2D eigenvalue weighted by Crippen LogP contribution is -2.31. The average Bonchev–Trinajstić information content (AvgIpc) is 2.30. The van der Waals surface area contributed by atoms with E-state index in [-0.39, 0.29) is 23.0 Å². The molecule has 1 rings (SSSR count). The first-order chi connectivity index (χ1) is 8.70. The molecule has 0 atom stereocenters. The smallest absolute Gasteiger partial charge is 0.245 e. The maximum atomic E-state index is 14.0. The number of hydrogen-bond donors (Lipinski definition) is 1. The molecule has 0 aliphatic rings. The third-order valence-electron chi connectivity index (χ3n) is 2.56. The molecule has 4 nitrogen and oxygen atoms in total. The molecular formula is C12H17ClFNO3S. The van der Waals surface area contributed by atoms with Crippen molar-refractivity contribution in [3.63, 3.8) is 0 Å². The summed E-state index contributed by atoms with van der Waals surface area (Å²) in [6.07, 6.45) is 0. The predicted molar refractivity (Wildman–Crippen MR) is 72.0 cm³/mol. The van der Waals surface area contributed by atoms with E-state index in [9.17, 15) is 12.8 Å². The third-order valence-corrected chi connectivity index (χ3v) is 4.60. The number of aliphatic hydroxyl groups excluding tert-OH is 1. The topological polar surface area (TPSA) is 57.6 Å². The number of rotatable bonds is 5. The Morgan fingerprint density at radius 3 is 2.47 bits per heavy atom. The van der Waals surface area contributed by atoms with Crippen LogP contribution in [-0.2, 0) is 16.6 Å². The lowest BCUT2D eigenvalue weighted by atomic mass is 10.2. The molecule has 0 fully saturated rings. The molecule has 108 valence electrons. The first-order valence-corrected chi connectivity index (χ1v) is 7.57. The van der Waals surface area contributed by atoms with E-state index in [1.54, 1.807) is 0 Å². The van der Waals surface area contributed by atoms with Crippen LogP contribution in [0.1, 0.15) is 19.4 Å². The van der Waals surface area contributed by atoms with Gasteiger partial charge in [0.25, 0.3) is 0 Å². The van der Waals surface area contributed by atoms with E-state index < -0.39 is 27.3 Å². The maximum Gasteiger partial charge on any atom is 0.245 e. The molecule has 0 aliphatic carbocycles. The van der Waals surface area contributed by atoms with Crippen LogP contribution in [0.3, 0.4) is 0 Å². The molecule has 0 saturated heterocycles. The Morgan fingerprint density at radius 1 is 1.42 bits per heavy atom. The summed E-state index contributed by atoms with van der Waals surface area (Å²) in [7, 11) is -2.57. The van der Waals surface area contributed by atoms with Gasteiger partial charge >= 0.3 is 0 Å². The average molecular weight is 310 g/mol. The second kappa shape index (κ2) is 6.17. The monoisotopic (exact) mass is 309 g/mol. The fraction of sp³-hybridized carbons (Fsp3) is 0.500. The third kappa shape index (κ3) is 3.66. The van der Waals surface area contributed by atoms with E-state index in [1.807, 2.05) is 13.8 Å². The molecule has 0 radical (unpaired) electrons. The Labute approximate surface area is 117 Å². The molecule has 0 heterocycles. The van der Waals surface area contributed by atoms with Crippen molar-refractivity contribution in [2.45, 2.75) is 25.3 Å². The summed E-state index contributed by atoms with van der Waals surface area (Å²) in [5.41, 5.74) is -0.135. The van der Waals surface area contributed by atoms with Crippen LogP contribution in [0, 0.1) is 11.7 Å². The standard InChI is InChI=1S/C12H17ClFNO3S/c1-8(2)6-15(3)19(17,18)11-5-10(13)4-9(7-16)12(11)14/h4-5,8,16H,6-7H2,1-3H3. The summed E-state index contributed by atoms with van der Waals surface area (Å²) in [5.74, 6) is -0.846. The Hall–Kier alpha value is -0.690. The number of halogens is 2. The summed E-state index contributed by atoms with van der Waals surface area (Å²) in [6, 6.07) is 2.26. The summed E-state index contributed by atoms with van der Waals surface area (Å²) in [5, 5.41) is 9.08. The second-order valence-electron chi connectivity index (χ2n) is 4.71. The van der Waals surface area contributed by atoms with Crippen molar-refractivity contribution in [2.24, 2.45) is 5.92 Å². The van der Waals surface area contributed by atoms with E-state index in [4.69, 9.17) is 16.7 Å². The van der Waals surface area contributed by atoms with Crippen molar-refractivity contribution in [2.75, 3.05) is 13.6 Å². The van der Waals surface area contributed by atoms with Crippen LogP contribution in [0.25, 0.3) is 0 Å². The van der Waals surface area contributed by atoms with Crippen molar-refractivity contribution in [1.29, 1.82) is 0 Å². The van der Waals surface area contributed by atoms with E-state index in [0.29, 0.717) is 0 Å². The highest BCUT2D eigenvalue weighted by Gasteiger charge is 2.27. The van der Waals surface area contributed by atoms with E-state index >= 15 is 0 Å². The first-order valence-electron chi connectivity index (χ1n) is 5.75. The second-order valence-corrected chi connectivity index (χ2v) is 7.16. The molecule has 0 aliphatic heterocycles. The van der Waals surface area contributed by atoms with E-state index in [1.165, 1.54) is 13.1 Å². The molecule has 19 heavy (non-hydrogen) atoms. The van der Waals surface area contributed by atoms with Crippen LogP contribution >= 0.6 is 11.6 Å². The van der Waals surface area contributed by atoms with Gasteiger partial charge in [0, 0.05) is 24.2 Å². The number of aliphatic hydroxyl groups is 1. The van der Waals surface area contributed by atoms with Gasteiger partial charge in [0.1, 0.15) is 10.7 Å². The number of hydrogen-bond acceptors (Lipinski definition) is 3. The minimum atomic E-state index is -3.96. The van der Waals surface area contributed by atoms with Gasteiger partial charge in [-0.3, -0.25) is 0 Å². The minimum absolute atomic E-state index is 0.0713. The number of benzene rings is 1. The number of sulfonamides is 1. The SMILES string of the molecule is CC(C)CN(C)S(=O)(=O)c1cc(Cl)cc(CO)c1F. The molecule has 1 N–H and O–H groups in total. The summed E-state index contributed by atoms with van der Waals surface area (Å²) in [4.78, 5) is -0.507. The van der Waals surface area contributed by atoms with Gasteiger partial charge in [-0.1, -0.05) is 25.4 Å². The Bertz CT molecular complexity index is 560. The fourth-order valence-electron chi connectivity index (χ4n) is 1.70. The molecule has 7 heteroatoms. The lowest BCUT2D eigenvalue weighted by molar-refractivity contribution is 0.274. The molecule has 0 amide bonds. The van der Waals surface area contributed by atoms with Crippen LogP contribution in [0.2, 0.25) is 5.02 Å². The normalized spacial score (nSPS) is 12.4. The van der Waals surface area contributed by atoms with Crippen molar-refractivity contribution in [3.05, 3.63) is 28.5 Å². The molecule has 0 aromatic heterocycles.